The number of aromatic hydroxyl groups is 1. The van der Waals surface area contributed by atoms with Crippen LogP contribution in [-0.2, 0) is 0 Å². The maximum atomic E-state index is 12.7. The van der Waals surface area contributed by atoms with Crippen LogP contribution in [0.15, 0.2) is 48.5 Å². The van der Waals surface area contributed by atoms with Crippen molar-refractivity contribution in [2.75, 3.05) is 5.32 Å². The molecular weight excluding hydrogens is 303 g/mol. The van der Waals surface area contributed by atoms with Gasteiger partial charge in [0.1, 0.15) is 5.75 Å². The van der Waals surface area contributed by atoms with E-state index in [2.05, 4.69) is 5.32 Å². The molecule has 1 atom stereocenters. The molecule has 2 aromatic rings. The molecule has 0 aliphatic carbocycles. The molecule has 0 aliphatic rings. The van der Waals surface area contributed by atoms with E-state index in [-0.39, 0.29) is 10.8 Å². The first-order chi connectivity index (χ1) is 9.85. The number of rotatable bonds is 4. The highest BCUT2D eigenvalue weighted by Crippen LogP contribution is 2.34. The molecule has 21 heavy (non-hydrogen) atoms. The van der Waals surface area contributed by atoms with E-state index in [1.165, 1.54) is 18.2 Å². The summed E-state index contributed by atoms with van der Waals surface area (Å²) in [6, 6.07) is 11.7. The lowest BCUT2D eigenvalue weighted by atomic mass is 10.0. The Hall–Kier alpha value is -1.88. The number of phenolic OH excluding ortho intramolecular Hbond substituents is 1. The number of anilines is 1. The van der Waals surface area contributed by atoms with Crippen molar-refractivity contribution in [2.24, 2.45) is 0 Å². The minimum atomic E-state index is -4.30. The molecule has 2 aromatic carbocycles. The van der Waals surface area contributed by atoms with Crippen molar-refractivity contribution < 1.29 is 18.3 Å². The first-order valence-electron chi connectivity index (χ1n) is 6.22. The zero-order chi connectivity index (χ0) is 15.5. The van der Waals surface area contributed by atoms with E-state index in [4.69, 9.17) is 11.6 Å². The topological polar surface area (TPSA) is 32.3 Å². The predicted molar refractivity (Wildman–Crippen MR) is 76.6 cm³/mol. The van der Waals surface area contributed by atoms with Gasteiger partial charge >= 0.3 is 6.18 Å². The highest BCUT2D eigenvalue weighted by molar-refractivity contribution is 6.32. The van der Waals surface area contributed by atoms with Gasteiger partial charge in [-0.1, -0.05) is 41.9 Å². The minimum Gasteiger partial charge on any atom is -0.506 e. The number of hydrogen-bond donors (Lipinski definition) is 2. The van der Waals surface area contributed by atoms with E-state index in [0.29, 0.717) is 11.3 Å². The molecule has 2 nitrogen and oxygen atoms in total. The summed E-state index contributed by atoms with van der Waals surface area (Å²) in [6.45, 7) is 0. The lowest BCUT2D eigenvalue weighted by Gasteiger charge is -2.22. The molecule has 2 rings (SSSR count). The Morgan fingerprint density at radius 2 is 1.76 bits per heavy atom. The van der Waals surface area contributed by atoms with Crippen molar-refractivity contribution in [1.82, 2.24) is 0 Å². The molecule has 1 unspecified atom stereocenters. The molecule has 0 spiro atoms. The smallest absolute Gasteiger partial charge is 0.391 e. The van der Waals surface area contributed by atoms with Crippen molar-refractivity contribution >= 4 is 17.3 Å². The highest BCUT2D eigenvalue weighted by atomic mass is 35.5. The number of nitrogens with one attached hydrogen (secondary N) is 1. The van der Waals surface area contributed by atoms with Crippen LogP contribution in [-0.4, -0.2) is 11.3 Å². The summed E-state index contributed by atoms with van der Waals surface area (Å²) in [5.41, 5.74) is 0.940. The number of hydrogen-bond acceptors (Lipinski definition) is 2. The van der Waals surface area contributed by atoms with Crippen molar-refractivity contribution in [1.29, 1.82) is 0 Å². The summed E-state index contributed by atoms with van der Waals surface area (Å²) in [7, 11) is 0. The van der Waals surface area contributed by atoms with Crippen LogP contribution in [0.25, 0.3) is 0 Å². The van der Waals surface area contributed by atoms with E-state index in [0.717, 1.165) is 0 Å². The summed E-state index contributed by atoms with van der Waals surface area (Å²) in [4.78, 5) is 0. The molecule has 0 heterocycles. The third-order valence-electron chi connectivity index (χ3n) is 2.93. The van der Waals surface area contributed by atoms with E-state index >= 15 is 0 Å². The van der Waals surface area contributed by atoms with E-state index in [9.17, 15) is 18.3 Å². The number of halogens is 4. The Kier molecular flexibility index (Phi) is 4.63. The van der Waals surface area contributed by atoms with Crippen LogP contribution in [0.3, 0.4) is 0 Å². The van der Waals surface area contributed by atoms with Gasteiger partial charge < -0.3 is 10.4 Å². The van der Waals surface area contributed by atoms with Crippen LogP contribution in [0.5, 0.6) is 5.75 Å². The van der Waals surface area contributed by atoms with Gasteiger partial charge in [0, 0.05) is 5.69 Å². The molecule has 0 saturated heterocycles. The highest BCUT2D eigenvalue weighted by Gasteiger charge is 2.32. The fraction of sp³-hybridized carbons (Fsp3) is 0.200. The van der Waals surface area contributed by atoms with Gasteiger partial charge in [-0.05, 0) is 23.8 Å². The van der Waals surface area contributed by atoms with Gasteiger partial charge in [-0.2, -0.15) is 13.2 Å². The van der Waals surface area contributed by atoms with Gasteiger partial charge in [0.05, 0.1) is 17.5 Å². The van der Waals surface area contributed by atoms with Crippen molar-refractivity contribution in [3.8, 4) is 5.75 Å². The Labute approximate surface area is 125 Å². The largest absolute Gasteiger partial charge is 0.506 e. The van der Waals surface area contributed by atoms with Crippen LogP contribution < -0.4 is 5.32 Å². The molecular formula is C15H13ClF3NO. The fourth-order valence-electron chi connectivity index (χ4n) is 1.97. The van der Waals surface area contributed by atoms with Gasteiger partial charge in [0.15, 0.2) is 0 Å². The average Bonchev–Trinajstić information content (AvgIpc) is 2.42. The second-order valence-electron chi connectivity index (χ2n) is 4.59. The number of phenols is 1. The maximum Gasteiger partial charge on any atom is 0.391 e. The molecule has 0 aromatic heterocycles. The predicted octanol–water partition coefficient (Wildman–Crippen LogP) is 5.15. The maximum absolute atomic E-state index is 12.7. The number of benzene rings is 2. The summed E-state index contributed by atoms with van der Waals surface area (Å²) in [5, 5.41) is 12.2. The zero-order valence-electron chi connectivity index (χ0n) is 10.9. The van der Waals surface area contributed by atoms with E-state index < -0.39 is 18.6 Å². The second kappa shape index (κ2) is 6.26. The van der Waals surface area contributed by atoms with Crippen LogP contribution in [0, 0.1) is 0 Å². The molecule has 0 fully saturated rings. The van der Waals surface area contributed by atoms with Crippen LogP contribution in [0.1, 0.15) is 18.0 Å². The standard InChI is InChI=1S/C15H13ClF3NO/c16-12-8-11(6-7-14(12)21)20-13(9-15(17,18)19)10-4-2-1-3-5-10/h1-8,13,20-21H,9H2. The molecule has 2 N–H and O–H groups in total. The van der Waals surface area contributed by atoms with Gasteiger partial charge in [-0.3, -0.25) is 0 Å². The van der Waals surface area contributed by atoms with Gasteiger partial charge in [0.2, 0.25) is 0 Å². The summed E-state index contributed by atoms with van der Waals surface area (Å²) < 4.78 is 38.2. The summed E-state index contributed by atoms with van der Waals surface area (Å²) >= 11 is 5.76. The van der Waals surface area contributed by atoms with Crippen molar-refractivity contribution in [2.45, 2.75) is 18.6 Å². The Balaban J connectivity index is 2.25. The van der Waals surface area contributed by atoms with E-state index in [1.54, 1.807) is 30.3 Å². The van der Waals surface area contributed by atoms with Crippen molar-refractivity contribution in [3.05, 3.63) is 59.1 Å². The molecule has 0 saturated carbocycles. The summed E-state index contributed by atoms with van der Waals surface area (Å²) in [5.74, 6) is -0.116. The fourth-order valence-corrected chi connectivity index (χ4v) is 2.15. The Bertz CT molecular complexity index is 602. The lowest BCUT2D eigenvalue weighted by molar-refractivity contribution is -0.137. The SMILES string of the molecule is Oc1ccc(NC(CC(F)(F)F)c2ccccc2)cc1Cl. The minimum absolute atomic E-state index is 0.0822. The molecule has 0 aliphatic heterocycles. The van der Waals surface area contributed by atoms with Crippen molar-refractivity contribution in [3.63, 3.8) is 0 Å². The molecule has 0 bridgehead atoms. The first kappa shape index (κ1) is 15.5. The monoisotopic (exact) mass is 315 g/mol. The Morgan fingerprint density at radius 3 is 2.33 bits per heavy atom. The van der Waals surface area contributed by atoms with Crippen LogP contribution in [0.2, 0.25) is 5.02 Å². The third kappa shape index (κ3) is 4.56. The van der Waals surface area contributed by atoms with Gasteiger partial charge in [-0.25, -0.2) is 0 Å². The zero-order valence-corrected chi connectivity index (χ0v) is 11.6. The quantitative estimate of drug-likeness (QED) is 0.765. The van der Waals surface area contributed by atoms with Gasteiger partial charge in [-0.15, -0.1) is 0 Å². The van der Waals surface area contributed by atoms with Crippen LogP contribution in [0.4, 0.5) is 18.9 Å². The van der Waals surface area contributed by atoms with Crippen LogP contribution >= 0.6 is 11.6 Å². The van der Waals surface area contributed by atoms with E-state index in [1.807, 2.05) is 0 Å². The normalized spacial score (nSPS) is 13.0. The molecule has 6 heteroatoms. The number of alkyl halides is 3. The summed E-state index contributed by atoms with van der Waals surface area (Å²) in [6.07, 6.45) is -5.30. The molecule has 0 amide bonds. The Morgan fingerprint density at radius 1 is 1.10 bits per heavy atom. The lowest BCUT2D eigenvalue weighted by Crippen LogP contribution is -2.20. The molecule has 112 valence electrons. The second-order valence-corrected chi connectivity index (χ2v) is 5.00. The third-order valence-corrected chi connectivity index (χ3v) is 3.23. The average molecular weight is 316 g/mol. The molecule has 0 radical (unpaired) electrons. The van der Waals surface area contributed by atoms with Gasteiger partial charge in [0.25, 0.3) is 0 Å². The first-order valence-corrected chi connectivity index (χ1v) is 6.60.